The lowest BCUT2D eigenvalue weighted by molar-refractivity contribution is -0.205. The molecule has 0 aromatic rings. The molecule has 0 aliphatic carbocycles. The number of nitrogens with one attached hydrogen (secondary N) is 1. The van der Waals surface area contributed by atoms with Gasteiger partial charge in [0.25, 0.3) is 0 Å². The third-order valence-electron chi connectivity index (χ3n) is 5.63. The van der Waals surface area contributed by atoms with E-state index in [4.69, 9.17) is 16.3 Å². The lowest BCUT2D eigenvalue weighted by atomic mass is 9.92. The molecule has 158 valence electrons. The van der Waals surface area contributed by atoms with E-state index >= 15 is 0 Å². The van der Waals surface area contributed by atoms with Gasteiger partial charge < -0.3 is 25.4 Å². The van der Waals surface area contributed by atoms with Gasteiger partial charge >= 0.3 is 0 Å². The Balaban J connectivity index is 2.09. The van der Waals surface area contributed by atoms with Crippen LogP contribution in [0.1, 0.15) is 33.1 Å². The first-order valence-corrected chi connectivity index (χ1v) is 11.3. The minimum atomic E-state index is -1.36. The number of hydrogen-bond donors (Lipinski definition) is 4. The predicted octanol–water partition coefficient (Wildman–Crippen LogP) is 0.390. The van der Waals surface area contributed by atoms with Crippen LogP contribution in [0, 0.1) is 5.92 Å². The standard InChI is InChI=1S/C18H33ClN2O5S/c1-5-6-10-7-11(21(3)8-10)17(25)20-12(9(2)19)16-14(23)13(22)15(24)18(26-16)27-4/h9-16,18,22-24H,5-8H2,1-4H3,(H,20,25)/t9-,10-,11-,12-,13+,14-,15-,16-,18-/m1/s1. The molecule has 2 aliphatic rings. The van der Waals surface area contributed by atoms with E-state index in [9.17, 15) is 20.1 Å². The highest BCUT2D eigenvalue weighted by Gasteiger charge is 2.48. The second kappa shape index (κ2) is 10.1. The first-order valence-electron chi connectivity index (χ1n) is 9.58. The molecule has 2 heterocycles. The van der Waals surface area contributed by atoms with Crippen LogP contribution in [0.2, 0.25) is 0 Å². The second-order valence-electron chi connectivity index (χ2n) is 7.73. The normalized spacial score (nSPS) is 39.9. The quantitative estimate of drug-likeness (QED) is 0.438. The number of ether oxygens (including phenoxy) is 1. The van der Waals surface area contributed by atoms with Gasteiger partial charge in [-0.05, 0) is 39.0 Å². The molecule has 0 aromatic heterocycles. The van der Waals surface area contributed by atoms with Gasteiger partial charge in [0.1, 0.15) is 29.9 Å². The molecule has 4 N–H and O–H groups in total. The van der Waals surface area contributed by atoms with Gasteiger partial charge in [0, 0.05) is 6.54 Å². The average molecular weight is 425 g/mol. The van der Waals surface area contributed by atoms with E-state index in [1.807, 2.05) is 11.9 Å². The third-order valence-corrected chi connectivity index (χ3v) is 6.76. The summed E-state index contributed by atoms with van der Waals surface area (Å²) in [5.41, 5.74) is -0.702. The summed E-state index contributed by atoms with van der Waals surface area (Å²) in [5.74, 6) is 0.350. The number of carbonyl (C=O) groups excluding carboxylic acids is 1. The fraction of sp³-hybridized carbons (Fsp3) is 0.944. The first kappa shape index (κ1) is 23.2. The maximum Gasteiger partial charge on any atom is 0.237 e. The minimum absolute atomic E-state index is 0.147. The molecule has 2 saturated heterocycles. The van der Waals surface area contributed by atoms with E-state index < -0.39 is 41.3 Å². The van der Waals surface area contributed by atoms with Crippen LogP contribution < -0.4 is 5.32 Å². The molecule has 9 atom stereocenters. The van der Waals surface area contributed by atoms with Crippen LogP contribution in [-0.2, 0) is 9.53 Å². The van der Waals surface area contributed by atoms with E-state index in [1.165, 1.54) is 11.8 Å². The monoisotopic (exact) mass is 424 g/mol. The van der Waals surface area contributed by atoms with Crippen LogP contribution >= 0.6 is 23.4 Å². The molecule has 27 heavy (non-hydrogen) atoms. The molecule has 0 unspecified atom stereocenters. The van der Waals surface area contributed by atoms with Crippen molar-refractivity contribution in [3.05, 3.63) is 0 Å². The van der Waals surface area contributed by atoms with E-state index in [2.05, 4.69) is 12.2 Å². The number of nitrogens with zero attached hydrogens (tertiary/aromatic N) is 1. The van der Waals surface area contributed by atoms with Gasteiger partial charge in [-0.1, -0.05) is 13.3 Å². The summed E-state index contributed by atoms with van der Waals surface area (Å²) in [6.45, 7) is 4.74. The summed E-state index contributed by atoms with van der Waals surface area (Å²) in [6.07, 6.45) is -0.0980. The zero-order valence-electron chi connectivity index (χ0n) is 16.4. The largest absolute Gasteiger partial charge is 0.388 e. The molecule has 0 saturated carbocycles. The Kier molecular flexibility index (Phi) is 8.67. The maximum atomic E-state index is 12.9. The number of carbonyl (C=O) groups is 1. The lowest BCUT2D eigenvalue weighted by Gasteiger charge is -2.44. The average Bonchev–Trinajstić information content (AvgIpc) is 2.99. The van der Waals surface area contributed by atoms with Crippen molar-refractivity contribution in [2.24, 2.45) is 5.92 Å². The van der Waals surface area contributed by atoms with E-state index in [0.29, 0.717) is 5.92 Å². The van der Waals surface area contributed by atoms with Crippen molar-refractivity contribution in [1.82, 2.24) is 10.2 Å². The number of aliphatic hydroxyl groups excluding tert-OH is 3. The number of amides is 1. The number of rotatable bonds is 7. The van der Waals surface area contributed by atoms with Crippen molar-refractivity contribution in [2.45, 2.75) is 80.4 Å². The van der Waals surface area contributed by atoms with Crippen molar-refractivity contribution in [3.8, 4) is 0 Å². The molecule has 0 spiro atoms. The highest BCUT2D eigenvalue weighted by molar-refractivity contribution is 7.99. The van der Waals surface area contributed by atoms with Crippen molar-refractivity contribution >= 4 is 29.3 Å². The van der Waals surface area contributed by atoms with Gasteiger partial charge in [-0.25, -0.2) is 0 Å². The molecule has 2 aliphatic heterocycles. The van der Waals surface area contributed by atoms with Crippen LogP contribution in [0.5, 0.6) is 0 Å². The molecule has 7 nitrogen and oxygen atoms in total. The van der Waals surface area contributed by atoms with Crippen molar-refractivity contribution < 1.29 is 24.9 Å². The summed E-state index contributed by atoms with van der Waals surface area (Å²) in [4.78, 5) is 14.9. The Labute approximate surface area is 170 Å². The zero-order valence-corrected chi connectivity index (χ0v) is 18.0. The summed E-state index contributed by atoms with van der Waals surface area (Å²) < 4.78 is 5.79. The van der Waals surface area contributed by atoms with Gasteiger partial charge in [0.15, 0.2) is 0 Å². The van der Waals surface area contributed by atoms with Gasteiger partial charge in [0.2, 0.25) is 5.91 Å². The van der Waals surface area contributed by atoms with Crippen molar-refractivity contribution in [3.63, 3.8) is 0 Å². The predicted molar refractivity (Wildman–Crippen MR) is 107 cm³/mol. The third kappa shape index (κ3) is 5.29. The summed E-state index contributed by atoms with van der Waals surface area (Å²) in [6, 6.07) is -0.934. The van der Waals surface area contributed by atoms with Crippen LogP contribution in [0.4, 0.5) is 0 Å². The van der Waals surface area contributed by atoms with Gasteiger partial charge in [-0.15, -0.1) is 23.4 Å². The highest BCUT2D eigenvalue weighted by Crippen LogP contribution is 2.31. The zero-order chi connectivity index (χ0) is 20.3. The second-order valence-corrected chi connectivity index (χ2v) is 9.36. The van der Waals surface area contributed by atoms with Crippen LogP contribution in [0.3, 0.4) is 0 Å². The maximum absolute atomic E-state index is 12.9. The fourth-order valence-corrected chi connectivity index (χ4v) is 5.00. The van der Waals surface area contributed by atoms with E-state index in [0.717, 1.165) is 25.8 Å². The molecule has 2 fully saturated rings. The van der Waals surface area contributed by atoms with E-state index in [1.54, 1.807) is 13.2 Å². The SMILES string of the molecule is CCC[C@@H]1C[C@H](C(=O)N[C@@H]([C@H]2O[C@H](SC)[C@H](O)[C@@H](O)[C@H]2O)[C@@H](C)Cl)N(C)C1. The Hall–Kier alpha value is -0.0900. The fourth-order valence-electron chi connectivity index (χ4n) is 4.11. The number of halogens is 1. The Morgan fingerprint density at radius 3 is 2.56 bits per heavy atom. The number of hydrogen-bond acceptors (Lipinski definition) is 7. The first-order chi connectivity index (χ1) is 12.7. The van der Waals surface area contributed by atoms with Gasteiger partial charge in [0.05, 0.1) is 17.5 Å². The Bertz CT molecular complexity index is 498. The Morgan fingerprint density at radius 1 is 1.33 bits per heavy atom. The number of alkyl halides is 1. The van der Waals surface area contributed by atoms with Crippen molar-refractivity contribution in [2.75, 3.05) is 19.8 Å². The van der Waals surface area contributed by atoms with Gasteiger partial charge in [-0.3, -0.25) is 9.69 Å². The molecule has 0 aromatic carbocycles. The summed E-state index contributed by atoms with van der Waals surface area (Å²) in [5, 5.41) is 33.0. The molecule has 1 amide bonds. The van der Waals surface area contributed by atoms with Crippen LogP contribution in [-0.4, -0.2) is 93.3 Å². The molecular weight excluding hydrogens is 392 g/mol. The molecule has 2 rings (SSSR count). The number of aliphatic hydroxyl groups is 3. The van der Waals surface area contributed by atoms with Crippen molar-refractivity contribution in [1.29, 1.82) is 0 Å². The Morgan fingerprint density at radius 2 is 2.00 bits per heavy atom. The van der Waals surface area contributed by atoms with Crippen LogP contribution in [0.25, 0.3) is 0 Å². The van der Waals surface area contributed by atoms with Gasteiger partial charge in [-0.2, -0.15) is 0 Å². The molecule has 0 radical (unpaired) electrons. The molecule has 0 bridgehead atoms. The van der Waals surface area contributed by atoms with E-state index in [-0.39, 0.29) is 11.9 Å². The highest BCUT2D eigenvalue weighted by atomic mass is 35.5. The minimum Gasteiger partial charge on any atom is -0.388 e. The number of thioether (sulfide) groups is 1. The lowest BCUT2D eigenvalue weighted by Crippen LogP contribution is -2.65. The summed E-state index contributed by atoms with van der Waals surface area (Å²) in [7, 11) is 1.94. The molecular formula is C18H33ClN2O5S. The molecule has 9 heteroatoms. The van der Waals surface area contributed by atoms with Crippen LogP contribution in [0.15, 0.2) is 0 Å². The smallest absolute Gasteiger partial charge is 0.237 e. The number of likely N-dealkylation sites (tertiary alicyclic amines) is 1. The summed E-state index contributed by atoms with van der Waals surface area (Å²) >= 11 is 7.55. The topological polar surface area (TPSA) is 102 Å². The number of likely N-dealkylation sites (N-methyl/N-ethyl adjacent to an activating group) is 1.